The Balaban J connectivity index is 1.57. The molecule has 1 saturated heterocycles. The van der Waals surface area contributed by atoms with Crippen molar-refractivity contribution in [3.63, 3.8) is 0 Å². The number of anilines is 5. The molecule has 3 heterocycles. The van der Waals surface area contributed by atoms with Crippen LogP contribution in [0.4, 0.5) is 28.8 Å². The minimum Gasteiger partial charge on any atom is -0.494 e. The molecule has 0 atom stereocenters. The van der Waals surface area contributed by atoms with Crippen LogP contribution in [0.1, 0.15) is 18.4 Å². The third-order valence-electron chi connectivity index (χ3n) is 6.39. The first-order valence-electron chi connectivity index (χ1n) is 11.6. The van der Waals surface area contributed by atoms with E-state index in [-0.39, 0.29) is 0 Å². The highest BCUT2D eigenvalue weighted by Crippen LogP contribution is 2.37. The molecule has 1 aliphatic heterocycles. The molecular formula is C25H33N9O. The van der Waals surface area contributed by atoms with Crippen LogP contribution < -0.4 is 26.0 Å². The molecule has 3 aromatic rings. The zero-order valence-electron chi connectivity index (χ0n) is 20.7. The number of pyridine rings is 1. The highest BCUT2D eigenvalue weighted by atomic mass is 16.5. The van der Waals surface area contributed by atoms with E-state index in [1.54, 1.807) is 32.6 Å². The van der Waals surface area contributed by atoms with Gasteiger partial charge in [0.15, 0.2) is 0 Å². The van der Waals surface area contributed by atoms with Crippen LogP contribution >= 0.6 is 0 Å². The van der Waals surface area contributed by atoms with Gasteiger partial charge in [-0.05, 0) is 45.1 Å². The molecule has 184 valence electrons. The summed E-state index contributed by atoms with van der Waals surface area (Å²) in [4.78, 5) is 18.0. The molecule has 2 aromatic heterocycles. The van der Waals surface area contributed by atoms with E-state index in [0.29, 0.717) is 46.2 Å². The van der Waals surface area contributed by atoms with Crippen molar-refractivity contribution in [1.82, 2.24) is 19.9 Å². The first-order valence-corrected chi connectivity index (χ1v) is 11.6. The molecule has 35 heavy (non-hydrogen) atoms. The average molecular weight is 476 g/mol. The predicted molar refractivity (Wildman–Crippen MR) is 142 cm³/mol. The maximum atomic E-state index is 7.64. The quantitative estimate of drug-likeness (QED) is 0.286. The van der Waals surface area contributed by atoms with E-state index < -0.39 is 0 Å². The fourth-order valence-corrected chi connectivity index (χ4v) is 4.39. The first kappa shape index (κ1) is 24.2. The number of nitrogens with one attached hydrogen (secondary N) is 3. The lowest BCUT2D eigenvalue weighted by molar-refractivity contribution is 0.249. The summed E-state index contributed by atoms with van der Waals surface area (Å²) in [5.41, 5.74) is 11.0. The van der Waals surface area contributed by atoms with Crippen LogP contribution in [-0.2, 0) is 0 Å². The Kier molecular flexibility index (Phi) is 7.31. The van der Waals surface area contributed by atoms with Crippen molar-refractivity contribution in [1.29, 1.82) is 5.41 Å². The third-order valence-corrected chi connectivity index (χ3v) is 6.39. The van der Waals surface area contributed by atoms with Crippen molar-refractivity contribution in [3.05, 3.63) is 42.2 Å². The SMILES string of the molecule is CNc1ncc(-c2ccnc(Nc3cc(N)c(N4CCC(N(C)C)CC4)cc3OC)n2)cc1C=N. The second kappa shape index (κ2) is 10.6. The molecule has 0 aliphatic carbocycles. The molecule has 0 spiro atoms. The van der Waals surface area contributed by atoms with E-state index >= 15 is 0 Å². The fourth-order valence-electron chi connectivity index (χ4n) is 4.39. The maximum Gasteiger partial charge on any atom is 0.227 e. The third kappa shape index (κ3) is 5.27. The van der Waals surface area contributed by atoms with Crippen LogP contribution in [0.3, 0.4) is 0 Å². The smallest absolute Gasteiger partial charge is 0.227 e. The van der Waals surface area contributed by atoms with E-state index in [2.05, 4.69) is 49.5 Å². The normalized spacial score (nSPS) is 14.1. The van der Waals surface area contributed by atoms with E-state index in [0.717, 1.165) is 37.2 Å². The van der Waals surface area contributed by atoms with Crippen molar-refractivity contribution >= 4 is 35.0 Å². The second-order valence-electron chi connectivity index (χ2n) is 8.74. The van der Waals surface area contributed by atoms with Crippen LogP contribution in [0.2, 0.25) is 0 Å². The molecule has 1 aromatic carbocycles. The maximum absolute atomic E-state index is 7.64. The Morgan fingerprint density at radius 3 is 2.63 bits per heavy atom. The Hall–Kier alpha value is -3.92. The standard InChI is InChI=1S/C25H33N9O/c1-28-24-16(14-26)11-17(15-30-24)20-5-8-29-25(31-20)32-21-12-19(27)22(13-23(21)35-4)34-9-6-18(7-10-34)33(2)3/h5,8,11-15,18,26H,6-7,9-10,27H2,1-4H3,(H,28,30)(H,29,31,32). The summed E-state index contributed by atoms with van der Waals surface area (Å²) in [5.74, 6) is 1.72. The Bertz CT molecular complexity index is 1190. The molecule has 10 nitrogen and oxygen atoms in total. The average Bonchev–Trinajstić information content (AvgIpc) is 2.88. The van der Waals surface area contributed by atoms with Gasteiger partial charge < -0.3 is 36.3 Å². The number of benzene rings is 1. The number of nitrogens with two attached hydrogens (primary N) is 1. The number of methoxy groups -OCH3 is 1. The van der Waals surface area contributed by atoms with Gasteiger partial charge in [0.25, 0.3) is 0 Å². The number of hydrogen-bond acceptors (Lipinski definition) is 10. The van der Waals surface area contributed by atoms with Crippen LogP contribution in [0.5, 0.6) is 5.75 Å². The summed E-state index contributed by atoms with van der Waals surface area (Å²) >= 11 is 0. The minimum absolute atomic E-state index is 0.411. The van der Waals surface area contributed by atoms with Gasteiger partial charge in [-0.2, -0.15) is 0 Å². The molecular weight excluding hydrogens is 442 g/mol. The van der Waals surface area contributed by atoms with E-state index in [9.17, 15) is 0 Å². The molecule has 4 rings (SSSR count). The lowest BCUT2D eigenvalue weighted by atomic mass is 10.0. The van der Waals surface area contributed by atoms with Gasteiger partial charge in [0.2, 0.25) is 5.95 Å². The summed E-state index contributed by atoms with van der Waals surface area (Å²) in [6.45, 7) is 1.90. The van der Waals surface area contributed by atoms with Gasteiger partial charge in [0, 0.05) is 62.0 Å². The summed E-state index contributed by atoms with van der Waals surface area (Å²) in [5, 5.41) is 13.9. The van der Waals surface area contributed by atoms with Gasteiger partial charge in [-0.1, -0.05) is 0 Å². The van der Waals surface area contributed by atoms with Crippen molar-refractivity contribution < 1.29 is 4.74 Å². The summed E-state index contributed by atoms with van der Waals surface area (Å²) in [7, 11) is 7.69. The predicted octanol–water partition coefficient (Wildman–Crippen LogP) is 3.44. The number of nitrogen functional groups attached to an aromatic ring is 1. The van der Waals surface area contributed by atoms with Crippen LogP contribution in [0, 0.1) is 5.41 Å². The molecule has 0 saturated carbocycles. The lowest BCUT2D eigenvalue weighted by Crippen LogP contribution is -2.42. The fraction of sp³-hybridized carbons (Fsp3) is 0.360. The zero-order chi connectivity index (χ0) is 24.9. The van der Waals surface area contributed by atoms with Crippen LogP contribution in [-0.4, -0.2) is 73.5 Å². The second-order valence-corrected chi connectivity index (χ2v) is 8.74. The summed E-state index contributed by atoms with van der Waals surface area (Å²) < 4.78 is 5.68. The molecule has 10 heteroatoms. The summed E-state index contributed by atoms with van der Waals surface area (Å²) in [6.07, 6.45) is 6.86. The van der Waals surface area contributed by atoms with E-state index in [4.69, 9.17) is 15.9 Å². The monoisotopic (exact) mass is 475 g/mol. The molecule has 0 radical (unpaired) electrons. The van der Waals surface area contributed by atoms with Crippen molar-refractivity contribution in [2.75, 3.05) is 62.6 Å². The molecule has 5 N–H and O–H groups in total. The van der Waals surface area contributed by atoms with Gasteiger partial charge in [-0.15, -0.1) is 0 Å². The van der Waals surface area contributed by atoms with E-state index in [1.165, 1.54) is 6.21 Å². The van der Waals surface area contributed by atoms with Crippen LogP contribution in [0.25, 0.3) is 11.3 Å². The number of hydrogen-bond donors (Lipinski definition) is 4. The summed E-state index contributed by atoms with van der Waals surface area (Å²) in [6, 6.07) is 8.12. The van der Waals surface area contributed by atoms with Gasteiger partial charge in [0.05, 0.1) is 29.9 Å². The Morgan fingerprint density at radius 1 is 1.20 bits per heavy atom. The number of nitrogens with zero attached hydrogens (tertiary/aromatic N) is 5. The molecule has 0 amide bonds. The number of piperidine rings is 1. The number of aromatic nitrogens is 3. The largest absolute Gasteiger partial charge is 0.494 e. The number of ether oxygens (including phenoxy) is 1. The first-order chi connectivity index (χ1) is 16.9. The molecule has 1 fully saturated rings. The number of rotatable bonds is 8. The van der Waals surface area contributed by atoms with Crippen molar-refractivity contribution in [2.24, 2.45) is 0 Å². The van der Waals surface area contributed by atoms with Gasteiger partial charge in [-0.3, -0.25) is 0 Å². The highest BCUT2D eigenvalue weighted by molar-refractivity contribution is 5.86. The Labute approximate surface area is 206 Å². The molecule has 0 bridgehead atoms. The van der Waals surface area contributed by atoms with Crippen molar-refractivity contribution in [2.45, 2.75) is 18.9 Å². The molecule has 0 unspecified atom stereocenters. The minimum atomic E-state index is 0.411. The zero-order valence-corrected chi connectivity index (χ0v) is 20.7. The van der Waals surface area contributed by atoms with Gasteiger partial charge in [-0.25, -0.2) is 15.0 Å². The van der Waals surface area contributed by atoms with Gasteiger partial charge in [0.1, 0.15) is 11.6 Å². The van der Waals surface area contributed by atoms with E-state index in [1.807, 2.05) is 18.2 Å². The van der Waals surface area contributed by atoms with Crippen LogP contribution in [0.15, 0.2) is 36.7 Å². The van der Waals surface area contributed by atoms with Crippen molar-refractivity contribution in [3.8, 4) is 17.0 Å². The Morgan fingerprint density at radius 2 is 1.97 bits per heavy atom. The topological polar surface area (TPSA) is 128 Å². The lowest BCUT2D eigenvalue weighted by Gasteiger charge is -2.37. The molecule has 1 aliphatic rings. The van der Waals surface area contributed by atoms with Gasteiger partial charge >= 0.3 is 0 Å². The highest BCUT2D eigenvalue weighted by Gasteiger charge is 2.23.